The number of carbonyl (C=O) groups is 1. The molecule has 0 bridgehead atoms. The molecule has 2 aromatic heterocycles. The fraction of sp³-hybridized carbons (Fsp3) is 0.167. The lowest BCUT2D eigenvalue weighted by Crippen LogP contribution is -2.29. The van der Waals surface area contributed by atoms with Crippen LogP contribution in [0.1, 0.15) is 37.7 Å². The van der Waals surface area contributed by atoms with Crippen molar-refractivity contribution in [3.8, 4) is 0 Å². The number of hydrogen-bond acceptors (Lipinski definition) is 4. The fourth-order valence-corrected chi connectivity index (χ4v) is 3.28. The van der Waals surface area contributed by atoms with E-state index in [9.17, 15) is 4.79 Å². The van der Waals surface area contributed by atoms with Gasteiger partial charge in [-0.15, -0.1) is 11.3 Å². The van der Waals surface area contributed by atoms with Crippen molar-refractivity contribution >= 4 is 17.2 Å². The van der Waals surface area contributed by atoms with E-state index >= 15 is 0 Å². The number of aromatic nitrogens is 2. The second kappa shape index (κ2) is 6.71. The topological polar surface area (TPSA) is 54.9 Å². The summed E-state index contributed by atoms with van der Waals surface area (Å²) in [6.07, 6.45) is 1.74. The van der Waals surface area contributed by atoms with Crippen LogP contribution in [-0.2, 0) is 0 Å². The lowest BCUT2D eigenvalue weighted by Gasteiger charge is -2.18. The van der Waals surface area contributed by atoms with Gasteiger partial charge in [0, 0.05) is 6.20 Å². The van der Waals surface area contributed by atoms with Gasteiger partial charge in [-0.2, -0.15) is 0 Å². The van der Waals surface area contributed by atoms with Gasteiger partial charge in [-0.1, -0.05) is 36.4 Å². The highest BCUT2D eigenvalue weighted by atomic mass is 32.1. The van der Waals surface area contributed by atoms with Crippen molar-refractivity contribution in [3.63, 3.8) is 0 Å². The van der Waals surface area contributed by atoms with Gasteiger partial charge in [0.25, 0.3) is 5.91 Å². The van der Waals surface area contributed by atoms with Crippen LogP contribution in [0.3, 0.4) is 0 Å². The lowest BCUT2D eigenvalue weighted by molar-refractivity contribution is 0.0945. The first-order valence-corrected chi connectivity index (χ1v) is 8.17. The molecule has 2 heterocycles. The highest BCUT2D eigenvalue weighted by molar-refractivity contribution is 7.13. The summed E-state index contributed by atoms with van der Waals surface area (Å²) in [6.45, 7) is 3.76. The van der Waals surface area contributed by atoms with E-state index in [1.165, 1.54) is 11.3 Å². The zero-order valence-electron chi connectivity index (χ0n) is 13.0. The number of thiazole rings is 1. The summed E-state index contributed by atoms with van der Waals surface area (Å²) in [5, 5.41) is 3.98. The largest absolute Gasteiger partial charge is 0.339 e. The lowest BCUT2D eigenvalue weighted by atomic mass is 10.0. The Morgan fingerprint density at radius 2 is 1.83 bits per heavy atom. The molecular formula is C18H17N3OS. The van der Waals surface area contributed by atoms with Crippen molar-refractivity contribution in [2.24, 2.45) is 0 Å². The molecule has 5 heteroatoms. The number of pyridine rings is 1. The molecule has 0 fully saturated rings. The van der Waals surface area contributed by atoms with Crippen molar-refractivity contribution in [2.45, 2.75) is 19.9 Å². The predicted molar refractivity (Wildman–Crippen MR) is 91.6 cm³/mol. The number of carbonyl (C=O) groups excluding carboxylic acids is 1. The highest BCUT2D eigenvalue weighted by Gasteiger charge is 2.21. The van der Waals surface area contributed by atoms with Gasteiger partial charge in [-0.05, 0) is 31.5 Å². The Balaban J connectivity index is 1.93. The number of aryl methyl sites for hydroxylation is 2. The van der Waals surface area contributed by atoms with Crippen LogP contribution >= 0.6 is 11.3 Å². The van der Waals surface area contributed by atoms with Gasteiger partial charge in [0.05, 0.1) is 22.4 Å². The van der Waals surface area contributed by atoms with E-state index < -0.39 is 0 Å². The SMILES string of the molecule is Cc1nc(C)c(C(=O)NC(c2ccccc2)c2ccccn2)s1. The molecule has 0 aliphatic carbocycles. The van der Waals surface area contributed by atoms with Gasteiger partial charge in [0.1, 0.15) is 4.88 Å². The molecule has 0 aliphatic rings. The predicted octanol–water partition coefficient (Wildman–Crippen LogP) is 3.67. The highest BCUT2D eigenvalue weighted by Crippen LogP contribution is 2.23. The third kappa shape index (κ3) is 3.46. The van der Waals surface area contributed by atoms with Crippen LogP contribution in [-0.4, -0.2) is 15.9 Å². The Kier molecular flexibility index (Phi) is 4.48. The van der Waals surface area contributed by atoms with Crippen LogP contribution in [0.15, 0.2) is 54.7 Å². The van der Waals surface area contributed by atoms with E-state index in [1.807, 2.05) is 62.4 Å². The molecule has 3 aromatic rings. The molecule has 0 spiro atoms. The van der Waals surface area contributed by atoms with Gasteiger partial charge >= 0.3 is 0 Å². The zero-order chi connectivity index (χ0) is 16.2. The minimum absolute atomic E-state index is 0.118. The molecule has 23 heavy (non-hydrogen) atoms. The molecule has 1 aromatic carbocycles. The standard InChI is InChI=1S/C18H17N3OS/c1-12-17(23-13(2)20-12)18(22)21-16(14-8-4-3-5-9-14)15-10-6-7-11-19-15/h3-11,16H,1-2H3,(H,21,22). The van der Waals surface area contributed by atoms with E-state index in [0.29, 0.717) is 4.88 Å². The minimum atomic E-state index is -0.285. The molecule has 4 nitrogen and oxygen atoms in total. The number of nitrogens with zero attached hydrogens (tertiary/aromatic N) is 2. The summed E-state index contributed by atoms with van der Waals surface area (Å²) in [4.78, 5) is 22.0. The molecule has 0 radical (unpaired) electrons. The first kappa shape index (κ1) is 15.4. The second-order valence-electron chi connectivity index (χ2n) is 5.22. The average Bonchev–Trinajstić information content (AvgIpc) is 2.92. The summed E-state index contributed by atoms with van der Waals surface area (Å²) >= 11 is 1.41. The van der Waals surface area contributed by atoms with E-state index in [2.05, 4.69) is 15.3 Å². The molecule has 0 aliphatic heterocycles. The quantitative estimate of drug-likeness (QED) is 0.797. The maximum Gasteiger partial charge on any atom is 0.264 e. The molecule has 1 N–H and O–H groups in total. The van der Waals surface area contributed by atoms with Crippen LogP contribution in [0, 0.1) is 13.8 Å². The van der Waals surface area contributed by atoms with Crippen molar-refractivity contribution < 1.29 is 4.79 Å². The zero-order valence-corrected chi connectivity index (χ0v) is 13.8. The molecule has 0 saturated heterocycles. The molecule has 3 rings (SSSR count). The third-order valence-electron chi connectivity index (χ3n) is 3.50. The summed E-state index contributed by atoms with van der Waals surface area (Å²) < 4.78 is 0. The summed E-state index contributed by atoms with van der Waals surface area (Å²) in [7, 11) is 0. The molecule has 0 saturated carbocycles. The number of amides is 1. The van der Waals surface area contributed by atoms with E-state index in [0.717, 1.165) is 22.0 Å². The van der Waals surface area contributed by atoms with Crippen molar-refractivity contribution in [2.75, 3.05) is 0 Å². The molecule has 116 valence electrons. The first-order chi connectivity index (χ1) is 11.1. The monoisotopic (exact) mass is 323 g/mol. The number of hydrogen-bond donors (Lipinski definition) is 1. The van der Waals surface area contributed by atoms with Crippen LogP contribution in [0.5, 0.6) is 0 Å². The Hall–Kier alpha value is -2.53. The van der Waals surface area contributed by atoms with Gasteiger partial charge in [0.2, 0.25) is 0 Å². The molecular weight excluding hydrogens is 306 g/mol. The van der Waals surface area contributed by atoms with Crippen LogP contribution in [0.2, 0.25) is 0 Å². The second-order valence-corrected chi connectivity index (χ2v) is 6.42. The van der Waals surface area contributed by atoms with Crippen LogP contribution in [0.25, 0.3) is 0 Å². The maximum atomic E-state index is 12.7. The average molecular weight is 323 g/mol. The maximum absolute atomic E-state index is 12.7. The minimum Gasteiger partial charge on any atom is -0.339 e. The smallest absolute Gasteiger partial charge is 0.264 e. The fourth-order valence-electron chi connectivity index (χ4n) is 2.46. The molecule has 1 unspecified atom stereocenters. The third-order valence-corrected chi connectivity index (χ3v) is 4.57. The summed E-state index contributed by atoms with van der Waals surface area (Å²) in [5.74, 6) is -0.118. The Morgan fingerprint density at radius 1 is 1.09 bits per heavy atom. The number of rotatable bonds is 4. The van der Waals surface area contributed by atoms with Gasteiger partial charge in [-0.3, -0.25) is 9.78 Å². The Morgan fingerprint density at radius 3 is 2.43 bits per heavy atom. The van der Waals surface area contributed by atoms with Crippen molar-refractivity contribution in [1.82, 2.24) is 15.3 Å². The first-order valence-electron chi connectivity index (χ1n) is 7.36. The van der Waals surface area contributed by atoms with Gasteiger partial charge in [-0.25, -0.2) is 4.98 Å². The van der Waals surface area contributed by atoms with Crippen molar-refractivity contribution in [3.05, 3.63) is 81.6 Å². The Labute approximate surface area is 139 Å². The number of nitrogens with one attached hydrogen (secondary N) is 1. The van der Waals surface area contributed by atoms with Crippen LogP contribution in [0.4, 0.5) is 0 Å². The van der Waals surface area contributed by atoms with Crippen molar-refractivity contribution in [1.29, 1.82) is 0 Å². The van der Waals surface area contributed by atoms with E-state index in [1.54, 1.807) is 6.20 Å². The van der Waals surface area contributed by atoms with Crippen LogP contribution < -0.4 is 5.32 Å². The number of benzene rings is 1. The molecule has 1 amide bonds. The van der Waals surface area contributed by atoms with Gasteiger partial charge < -0.3 is 5.32 Å². The normalized spacial score (nSPS) is 11.9. The summed E-state index contributed by atoms with van der Waals surface area (Å²) in [6, 6.07) is 15.3. The van der Waals surface area contributed by atoms with Gasteiger partial charge in [0.15, 0.2) is 0 Å². The summed E-state index contributed by atoms with van der Waals surface area (Å²) in [5.41, 5.74) is 2.57. The van der Waals surface area contributed by atoms with E-state index in [-0.39, 0.29) is 11.9 Å². The molecule has 1 atom stereocenters. The Bertz CT molecular complexity index is 760. The van der Waals surface area contributed by atoms with E-state index in [4.69, 9.17) is 0 Å².